The Kier molecular flexibility index (Phi) is 3.81. The summed E-state index contributed by atoms with van der Waals surface area (Å²) >= 11 is 0. The van der Waals surface area contributed by atoms with E-state index in [2.05, 4.69) is 41.0 Å². The summed E-state index contributed by atoms with van der Waals surface area (Å²) in [7, 11) is 0. The second kappa shape index (κ2) is 5.91. The summed E-state index contributed by atoms with van der Waals surface area (Å²) < 4.78 is 7.65. The molecule has 0 atom stereocenters. The van der Waals surface area contributed by atoms with Crippen LogP contribution in [0.1, 0.15) is 25.3 Å². The van der Waals surface area contributed by atoms with Crippen LogP contribution in [0.2, 0.25) is 0 Å². The highest BCUT2D eigenvalue weighted by atomic mass is 16.5. The molecule has 0 radical (unpaired) electrons. The first-order chi connectivity index (χ1) is 10.3. The Morgan fingerprint density at radius 1 is 1.14 bits per heavy atom. The van der Waals surface area contributed by atoms with Crippen molar-refractivity contribution < 1.29 is 4.74 Å². The molecule has 0 aliphatic rings. The Morgan fingerprint density at radius 3 is 2.81 bits per heavy atom. The van der Waals surface area contributed by atoms with E-state index in [1.54, 1.807) is 11.0 Å². The summed E-state index contributed by atoms with van der Waals surface area (Å²) in [4.78, 5) is 8.14. The van der Waals surface area contributed by atoms with Crippen molar-refractivity contribution in [2.75, 3.05) is 6.61 Å². The molecule has 0 saturated carbocycles. The minimum atomic E-state index is 0.471. The highest BCUT2D eigenvalue weighted by Crippen LogP contribution is 2.31. The molecule has 0 saturated heterocycles. The molecule has 1 aromatic carbocycles. The van der Waals surface area contributed by atoms with Gasteiger partial charge in [0, 0.05) is 17.8 Å². The number of ether oxygens (including phenoxy) is 1. The Morgan fingerprint density at radius 2 is 2.05 bits per heavy atom. The Bertz CT molecular complexity index is 722. The van der Waals surface area contributed by atoms with Crippen LogP contribution >= 0.6 is 0 Å². The summed E-state index contributed by atoms with van der Waals surface area (Å²) in [5, 5.41) is 6.32. The van der Waals surface area contributed by atoms with Crippen LogP contribution in [0, 0.1) is 0 Å². The van der Waals surface area contributed by atoms with Gasteiger partial charge in [0.2, 0.25) is 0 Å². The first kappa shape index (κ1) is 13.5. The molecular formula is C16H18N4O. The second-order valence-corrected chi connectivity index (χ2v) is 5.24. The Labute approximate surface area is 123 Å². The number of pyridine rings is 1. The van der Waals surface area contributed by atoms with Gasteiger partial charge in [-0.3, -0.25) is 4.98 Å². The van der Waals surface area contributed by atoms with Gasteiger partial charge in [0.25, 0.3) is 0 Å². The number of nitrogens with zero attached hydrogens (tertiary/aromatic N) is 4. The van der Waals surface area contributed by atoms with E-state index in [-0.39, 0.29) is 0 Å². The molecule has 0 bridgehead atoms. The largest absolute Gasteiger partial charge is 0.491 e. The standard InChI is InChI=1S/C16H18N4O/c1-12(2)13-3-4-16(15-9-17-6-5-14(13)15)21-8-7-20-11-18-10-19-20/h3-6,9-12H,7-8H2,1-2H3. The van der Waals surface area contributed by atoms with E-state index in [1.807, 2.05) is 18.5 Å². The third-order valence-corrected chi connectivity index (χ3v) is 3.48. The van der Waals surface area contributed by atoms with Crippen LogP contribution in [0.4, 0.5) is 0 Å². The Balaban J connectivity index is 1.84. The average Bonchev–Trinajstić information content (AvgIpc) is 3.00. The normalized spacial score (nSPS) is 11.2. The molecule has 21 heavy (non-hydrogen) atoms. The van der Waals surface area contributed by atoms with Crippen LogP contribution in [0.5, 0.6) is 5.75 Å². The maximum atomic E-state index is 5.90. The van der Waals surface area contributed by atoms with Gasteiger partial charge in [-0.25, -0.2) is 9.67 Å². The SMILES string of the molecule is CC(C)c1ccc(OCCn2cncn2)c2cnccc12. The monoisotopic (exact) mass is 282 g/mol. The van der Waals surface area contributed by atoms with Crippen molar-refractivity contribution >= 4 is 10.8 Å². The first-order valence-corrected chi connectivity index (χ1v) is 7.07. The topological polar surface area (TPSA) is 52.8 Å². The van der Waals surface area contributed by atoms with Gasteiger partial charge in [0.1, 0.15) is 25.0 Å². The van der Waals surface area contributed by atoms with E-state index in [0.29, 0.717) is 19.1 Å². The number of hydrogen-bond donors (Lipinski definition) is 0. The number of rotatable bonds is 5. The smallest absolute Gasteiger partial charge is 0.137 e. The average molecular weight is 282 g/mol. The first-order valence-electron chi connectivity index (χ1n) is 7.07. The van der Waals surface area contributed by atoms with Crippen molar-refractivity contribution in [1.29, 1.82) is 0 Å². The number of aromatic nitrogens is 4. The zero-order valence-electron chi connectivity index (χ0n) is 12.2. The van der Waals surface area contributed by atoms with E-state index in [9.17, 15) is 0 Å². The third kappa shape index (κ3) is 2.86. The van der Waals surface area contributed by atoms with Crippen molar-refractivity contribution in [2.45, 2.75) is 26.3 Å². The van der Waals surface area contributed by atoms with Crippen LogP contribution in [0.3, 0.4) is 0 Å². The molecule has 0 N–H and O–H groups in total. The van der Waals surface area contributed by atoms with Crippen molar-refractivity contribution in [3.05, 3.63) is 48.8 Å². The fourth-order valence-corrected chi connectivity index (χ4v) is 2.41. The fraction of sp³-hybridized carbons (Fsp3) is 0.312. The molecule has 0 aliphatic carbocycles. The minimum Gasteiger partial charge on any atom is -0.491 e. The molecular weight excluding hydrogens is 264 g/mol. The second-order valence-electron chi connectivity index (χ2n) is 5.24. The highest BCUT2D eigenvalue weighted by Gasteiger charge is 2.09. The molecule has 108 valence electrons. The van der Waals surface area contributed by atoms with Gasteiger partial charge in [-0.15, -0.1) is 0 Å². The zero-order valence-corrected chi connectivity index (χ0v) is 12.2. The molecule has 0 fully saturated rings. The molecule has 0 unspecified atom stereocenters. The lowest BCUT2D eigenvalue weighted by Gasteiger charge is -2.14. The number of hydrogen-bond acceptors (Lipinski definition) is 4. The van der Waals surface area contributed by atoms with Crippen LogP contribution in [-0.4, -0.2) is 26.4 Å². The summed E-state index contributed by atoms with van der Waals surface area (Å²) in [5.74, 6) is 1.33. The lowest BCUT2D eigenvalue weighted by Crippen LogP contribution is -2.08. The lowest BCUT2D eigenvalue weighted by atomic mass is 9.97. The lowest BCUT2D eigenvalue weighted by molar-refractivity contribution is 0.294. The quantitative estimate of drug-likeness (QED) is 0.722. The van der Waals surface area contributed by atoms with Crippen LogP contribution < -0.4 is 4.74 Å². The van der Waals surface area contributed by atoms with Crippen molar-refractivity contribution in [2.24, 2.45) is 0 Å². The predicted octanol–water partition coefficient (Wildman–Crippen LogP) is 3.03. The summed E-state index contributed by atoms with van der Waals surface area (Å²) in [6.07, 6.45) is 6.90. The van der Waals surface area contributed by atoms with E-state index in [1.165, 1.54) is 17.3 Å². The minimum absolute atomic E-state index is 0.471. The van der Waals surface area contributed by atoms with Gasteiger partial charge >= 0.3 is 0 Å². The van der Waals surface area contributed by atoms with Gasteiger partial charge < -0.3 is 4.74 Å². The number of fused-ring (bicyclic) bond motifs is 1. The van der Waals surface area contributed by atoms with E-state index < -0.39 is 0 Å². The van der Waals surface area contributed by atoms with Crippen LogP contribution in [0.25, 0.3) is 10.8 Å². The molecule has 5 heteroatoms. The predicted molar refractivity (Wildman–Crippen MR) is 81.3 cm³/mol. The molecule has 3 rings (SSSR count). The highest BCUT2D eigenvalue weighted by molar-refractivity contribution is 5.90. The fourth-order valence-electron chi connectivity index (χ4n) is 2.41. The van der Waals surface area contributed by atoms with Crippen molar-refractivity contribution in [1.82, 2.24) is 19.7 Å². The summed E-state index contributed by atoms with van der Waals surface area (Å²) in [6.45, 7) is 5.61. The van der Waals surface area contributed by atoms with Gasteiger partial charge in [-0.05, 0) is 29.0 Å². The number of benzene rings is 1. The van der Waals surface area contributed by atoms with Crippen molar-refractivity contribution in [3.8, 4) is 5.75 Å². The van der Waals surface area contributed by atoms with Gasteiger partial charge in [0.15, 0.2) is 0 Å². The maximum absolute atomic E-state index is 5.90. The van der Waals surface area contributed by atoms with Crippen LogP contribution in [-0.2, 0) is 6.54 Å². The molecule has 3 aromatic rings. The summed E-state index contributed by atoms with van der Waals surface area (Å²) in [6, 6.07) is 6.22. The molecule has 5 nitrogen and oxygen atoms in total. The third-order valence-electron chi connectivity index (χ3n) is 3.48. The van der Waals surface area contributed by atoms with E-state index in [4.69, 9.17) is 4.74 Å². The van der Waals surface area contributed by atoms with Gasteiger partial charge in [-0.1, -0.05) is 19.9 Å². The maximum Gasteiger partial charge on any atom is 0.137 e. The van der Waals surface area contributed by atoms with Gasteiger partial charge in [0.05, 0.1) is 6.54 Å². The molecule has 2 aromatic heterocycles. The molecule has 0 spiro atoms. The Hall–Kier alpha value is -2.43. The molecule has 0 amide bonds. The van der Waals surface area contributed by atoms with Crippen LogP contribution in [0.15, 0.2) is 43.2 Å². The molecule has 2 heterocycles. The van der Waals surface area contributed by atoms with E-state index >= 15 is 0 Å². The van der Waals surface area contributed by atoms with Crippen molar-refractivity contribution in [3.63, 3.8) is 0 Å². The summed E-state index contributed by atoms with van der Waals surface area (Å²) in [5.41, 5.74) is 1.32. The molecule has 0 aliphatic heterocycles. The van der Waals surface area contributed by atoms with Gasteiger partial charge in [-0.2, -0.15) is 5.10 Å². The van der Waals surface area contributed by atoms with E-state index in [0.717, 1.165) is 11.1 Å². The zero-order chi connectivity index (χ0) is 14.7.